The van der Waals surface area contributed by atoms with Crippen LogP contribution in [0.2, 0.25) is 0 Å². The lowest BCUT2D eigenvalue weighted by atomic mass is 9.70. The lowest BCUT2D eigenvalue weighted by molar-refractivity contribution is 0.0433. The molecule has 0 aliphatic heterocycles. The second kappa shape index (κ2) is 6.89. The Morgan fingerprint density at radius 1 is 1.33 bits per heavy atom. The van der Waals surface area contributed by atoms with Gasteiger partial charge in [0, 0.05) is 17.9 Å². The van der Waals surface area contributed by atoms with Gasteiger partial charge in [-0.3, -0.25) is 4.98 Å². The lowest BCUT2D eigenvalue weighted by Gasteiger charge is -2.50. The average molecular weight is 289 g/mol. The van der Waals surface area contributed by atoms with E-state index < -0.39 is 0 Å². The van der Waals surface area contributed by atoms with Gasteiger partial charge in [-0.25, -0.2) is 0 Å². The fourth-order valence-electron chi connectivity index (χ4n) is 3.81. The summed E-state index contributed by atoms with van der Waals surface area (Å²) in [6, 6.07) is 2.65. The zero-order valence-corrected chi connectivity index (χ0v) is 14.3. The molecule has 1 heterocycles. The third-order valence-corrected chi connectivity index (χ3v) is 5.21. The molecule has 2 rings (SSSR count). The van der Waals surface area contributed by atoms with Crippen molar-refractivity contribution in [2.45, 2.75) is 58.0 Å². The molecule has 1 aromatic heterocycles. The van der Waals surface area contributed by atoms with E-state index in [1.54, 1.807) is 0 Å². The Bertz CT molecular complexity index is 448. The first-order chi connectivity index (χ1) is 9.99. The van der Waals surface area contributed by atoms with Crippen LogP contribution in [0.5, 0.6) is 0 Å². The molecule has 0 radical (unpaired) electrons. The fourth-order valence-corrected chi connectivity index (χ4v) is 3.81. The molecule has 3 nitrogen and oxygen atoms in total. The second-order valence-electron chi connectivity index (χ2n) is 6.97. The molecule has 1 saturated carbocycles. The highest BCUT2D eigenvalue weighted by Gasteiger charge is 2.43. The molecule has 0 bridgehead atoms. The Morgan fingerprint density at radius 3 is 2.52 bits per heavy atom. The number of nitrogens with zero attached hydrogens (tertiary/aromatic N) is 2. The molecule has 1 aromatic rings. The smallest absolute Gasteiger partial charge is 0.0522 e. The first-order valence-corrected chi connectivity index (χ1v) is 8.32. The van der Waals surface area contributed by atoms with Crippen LogP contribution in [0.4, 0.5) is 0 Å². The topological polar surface area (TPSA) is 28.2 Å². The van der Waals surface area contributed by atoms with E-state index in [1.807, 2.05) is 12.4 Å². The Balaban J connectivity index is 2.37. The zero-order chi connectivity index (χ0) is 15.5. The Labute approximate surface area is 130 Å². The molecule has 1 N–H and O–H groups in total. The van der Waals surface area contributed by atoms with Crippen LogP contribution in [0.1, 0.15) is 56.7 Å². The Hall–Kier alpha value is -0.930. The maximum absolute atomic E-state index is 4.43. The predicted molar refractivity (Wildman–Crippen MR) is 89.4 cm³/mol. The van der Waals surface area contributed by atoms with Crippen LogP contribution in [-0.4, -0.2) is 36.1 Å². The van der Waals surface area contributed by atoms with Crippen LogP contribution >= 0.6 is 0 Å². The SMILES string of the molecule is CCNC(c1cncc(C)c1)C1(N(C)C)CCC(C)CC1. The largest absolute Gasteiger partial charge is 0.309 e. The minimum atomic E-state index is 0.206. The lowest BCUT2D eigenvalue weighted by Crippen LogP contribution is -2.55. The van der Waals surface area contributed by atoms with Gasteiger partial charge in [0.1, 0.15) is 0 Å². The maximum Gasteiger partial charge on any atom is 0.0522 e. The minimum absolute atomic E-state index is 0.206. The zero-order valence-electron chi connectivity index (χ0n) is 14.3. The van der Waals surface area contributed by atoms with E-state index in [1.165, 1.54) is 36.8 Å². The number of aromatic nitrogens is 1. The van der Waals surface area contributed by atoms with Crippen molar-refractivity contribution in [2.24, 2.45) is 5.92 Å². The molecule has 3 heteroatoms. The van der Waals surface area contributed by atoms with Gasteiger partial charge in [0.15, 0.2) is 0 Å². The van der Waals surface area contributed by atoms with E-state index in [-0.39, 0.29) is 5.54 Å². The maximum atomic E-state index is 4.43. The van der Waals surface area contributed by atoms with Gasteiger partial charge in [-0.05, 0) is 70.3 Å². The van der Waals surface area contributed by atoms with E-state index in [2.05, 4.69) is 56.1 Å². The van der Waals surface area contributed by atoms with Crippen molar-refractivity contribution in [3.05, 3.63) is 29.6 Å². The monoisotopic (exact) mass is 289 g/mol. The normalized spacial score (nSPS) is 27.8. The highest BCUT2D eigenvalue weighted by atomic mass is 15.2. The molecule has 1 aliphatic rings. The summed E-state index contributed by atoms with van der Waals surface area (Å²) in [5, 5.41) is 3.75. The first kappa shape index (κ1) is 16.4. The van der Waals surface area contributed by atoms with Crippen molar-refractivity contribution in [1.29, 1.82) is 0 Å². The van der Waals surface area contributed by atoms with E-state index in [0.717, 1.165) is 12.5 Å². The van der Waals surface area contributed by atoms with E-state index >= 15 is 0 Å². The average Bonchev–Trinajstić information content (AvgIpc) is 2.46. The van der Waals surface area contributed by atoms with Gasteiger partial charge in [0.05, 0.1) is 6.04 Å². The standard InChI is InChI=1S/C18H31N3/c1-6-20-17(16-11-15(3)12-19-13-16)18(21(4)5)9-7-14(2)8-10-18/h11-14,17,20H,6-10H2,1-5H3. The highest BCUT2D eigenvalue weighted by molar-refractivity contribution is 5.25. The van der Waals surface area contributed by atoms with Gasteiger partial charge in [-0.1, -0.05) is 19.9 Å². The van der Waals surface area contributed by atoms with Crippen LogP contribution in [-0.2, 0) is 0 Å². The van der Waals surface area contributed by atoms with Gasteiger partial charge < -0.3 is 10.2 Å². The molecule has 1 atom stereocenters. The molecule has 0 amide bonds. The van der Waals surface area contributed by atoms with Crippen LogP contribution in [0.3, 0.4) is 0 Å². The van der Waals surface area contributed by atoms with Crippen LogP contribution in [0.25, 0.3) is 0 Å². The van der Waals surface area contributed by atoms with Gasteiger partial charge in [0.2, 0.25) is 0 Å². The van der Waals surface area contributed by atoms with Crippen molar-refractivity contribution in [2.75, 3.05) is 20.6 Å². The first-order valence-electron chi connectivity index (χ1n) is 8.32. The van der Waals surface area contributed by atoms with Gasteiger partial charge >= 0.3 is 0 Å². The van der Waals surface area contributed by atoms with E-state index in [4.69, 9.17) is 0 Å². The van der Waals surface area contributed by atoms with E-state index in [0.29, 0.717) is 6.04 Å². The van der Waals surface area contributed by atoms with Crippen LogP contribution < -0.4 is 5.32 Å². The number of hydrogen-bond acceptors (Lipinski definition) is 3. The third-order valence-electron chi connectivity index (χ3n) is 5.21. The fraction of sp³-hybridized carbons (Fsp3) is 0.722. The van der Waals surface area contributed by atoms with Crippen molar-refractivity contribution in [3.8, 4) is 0 Å². The molecule has 21 heavy (non-hydrogen) atoms. The third kappa shape index (κ3) is 3.46. The van der Waals surface area contributed by atoms with Gasteiger partial charge in [-0.15, -0.1) is 0 Å². The van der Waals surface area contributed by atoms with Crippen LogP contribution in [0, 0.1) is 12.8 Å². The number of hydrogen-bond donors (Lipinski definition) is 1. The molecule has 1 unspecified atom stereocenters. The summed E-state index contributed by atoms with van der Waals surface area (Å²) in [6.45, 7) is 7.70. The van der Waals surface area contributed by atoms with Gasteiger partial charge in [0.25, 0.3) is 0 Å². The molecule has 1 aliphatic carbocycles. The quantitative estimate of drug-likeness (QED) is 0.898. The molecule has 0 saturated heterocycles. The summed E-state index contributed by atoms with van der Waals surface area (Å²) >= 11 is 0. The van der Waals surface area contributed by atoms with Crippen molar-refractivity contribution >= 4 is 0 Å². The number of aryl methyl sites for hydroxylation is 1. The molecule has 118 valence electrons. The molecular weight excluding hydrogens is 258 g/mol. The predicted octanol–water partition coefficient (Wildman–Crippen LogP) is 3.55. The summed E-state index contributed by atoms with van der Waals surface area (Å²) in [5.41, 5.74) is 2.78. The summed E-state index contributed by atoms with van der Waals surface area (Å²) < 4.78 is 0. The minimum Gasteiger partial charge on any atom is -0.309 e. The van der Waals surface area contributed by atoms with Gasteiger partial charge in [-0.2, -0.15) is 0 Å². The Kier molecular flexibility index (Phi) is 5.39. The summed E-state index contributed by atoms with van der Waals surface area (Å²) in [6.07, 6.45) is 9.14. The number of nitrogens with one attached hydrogen (secondary N) is 1. The van der Waals surface area contributed by atoms with Crippen molar-refractivity contribution in [1.82, 2.24) is 15.2 Å². The summed E-state index contributed by atoms with van der Waals surface area (Å²) in [4.78, 5) is 6.88. The van der Waals surface area contributed by atoms with Crippen LogP contribution in [0.15, 0.2) is 18.5 Å². The second-order valence-corrected chi connectivity index (χ2v) is 6.97. The summed E-state index contributed by atoms with van der Waals surface area (Å²) in [7, 11) is 4.48. The van der Waals surface area contributed by atoms with Crippen molar-refractivity contribution in [3.63, 3.8) is 0 Å². The highest BCUT2D eigenvalue weighted by Crippen LogP contribution is 2.43. The van der Waals surface area contributed by atoms with E-state index in [9.17, 15) is 0 Å². The summed E-state index contributed by atoms with van der Waals surface area (Å²) in [5.74, 6) is 0.857. The molecule has 0 aromatic carbocycles. The number of likely N-dealkylation sites (N-methyl/N-ethyl adjacent to an activating group) is 2. The number of rotatable bonds is 5. The molecule has 1 fully saturated rings. The number of pyridine rings is 1. The van der Waals surface area contributed by atoms with Crippen molar-refractivity contribution < 1.29 is 0 Å². The molecular formula is C18H31N3. The molecule has 0 spiro atoms. The Morgan fingerprint density at radius 2 is 2.00 bits per heavy atom.